The molecular formula is C28H23IN2O4. The molecule has 2 bridgehead atoms. The lowest BCUT2D eigenvalue weighted by molar-refractivity contribution is -0.140. The van der Waals surface area contributed by atoms with Gasteiger partial charge in [0.2, 0.25) is 0 Å². The molecule has 1 saturated carbocycles. The summed E-state index contributed by atoms with van der Waals surface area (Å²) in [5.74, 6) is 0.653. The maximum atomic E-state index is 12.9. The molecule has 3 aliphatic rings. The number of imide groups is 1. The van der Waals surface area contributed by atoms with E-state index < -0.39 is 0 Å². The summed E-state index contributed by atoms with van der Waals surface area (Å²) < 4.78 is 12.7. The van der Waals surface area contributed by atoms with Gasteiger partial charge < -0.3 is 9.47 Å². The standard InChI is InChI=1S/C28H23IN2O4/c1-34-23-12-16(14-30-31-27(32)24-18-9-10-19(13-18)25(24)28(31)33)11-22(29)26(23)35-15-20-7-4-6-17-5-2-3-8-21(17)20/h2-12,14,18-19,24-25H,13,15H2,1H3/b30-14-/t18-,19-,24-,25-/m0/s1. The lowest BCUT2D eigenvalue weighted by atomic mass is 9.85. The second-order valence-corrected chi connectivity index (χ2v) is 10.4. The van der Waals surface area contributed by atoms with Crippen molar-refractivity contribution in [2.45, 2.75) is 13.0 Å². The number of hydrazone groups is 1. The number of ether oxygens (including phenoxy) is 2. The molecule has 3 aromatic rings. The van der Waals surface area contributed by atoms with Crippen LogP contribution in [0, 0.1) is 27.2 Å². The first-order valence-electron chi connectivity index (χ1n) is 11.6. The maximum absolute atomic E-state index is 12.9. The number of halogens is 1. The summed E-state index contributed by atoms with van der Waals surface area (Å²) in [6.07, 6.45) is 6.61. The van der Waals surface area contributed by atoms with Crippen LogP contribution in [0.25, 0.3) is 10.8 Å². The van der Waals surface area contributed by atoms with Crippen LogP contribution in [-0.2, 0) is 16.2 Å². The van der Waals surface area contributed by atoms with E-state index in [4.69, 9.17) is 9.47 Å². The molecule has 0 aromatic heterocycles. The average Bonchev–Trinajstić information content (AvgIpc) is 3.56. The number of carbonyl (C=O) groups is 2. The van der Waals surface area contributed by atoms with Crippen LogP contribution in [0.2, 0.25) is 0 Å². The van der Waals surface area contributed by atoms with Gasteiger partial charge in [-0.1, -0.05) is 54.6 Å². The summed E-state index contributed by atoms with van der Waals surface area (Å²) in [7, 11) is 1.59. The van der Waals surface area contributed by atoms with Gasteiger partial charge in [0.25, 0.3) is 11.8 Å². The second kappa shape index (κ2) is 8.78. The fourth-order valence-corrected chi connectivity index (χ4v) is 6.43. The van der Waals surface area contributed by atoms with E-state index in [-0.39, 0.29) is 35.5 Å². The largest absolute Gasteiger partial charge is 0.493 e. The van der Waals surface area contributed by atoms with Crippen molar-refractivity contribution >= 4 is 51.4 Å². The molecule has 35 heavy (non-hydrogen) atoms. The first kappa shape index (κ1) is 22.3. The number of fused-ring (bicyclic) bond motifs is 6. The number of nitrogens with zero attached hydrogens (tertiary/aromatic N) is 2. The van der Waals surface area contributed by atoms with E-state index in [1.807, 2.05) is 24.3 Å². The summed E-state index contributed by atoms with van der Waals surface area (Å²) in [4.78, 5) is 25.8. The minimum atomic E-state index is -0.255. The van der Waals surface area contributed by atoms with Gasteiger partial charge in [0.15, 0.2) is 11.5 Å². The van der Waals surface area contributed by atoms with E-state index in [0.29, 0.717) is 18.1 Å². The van der Waals surface area contributed by atoms with Gasteiger partial charge in [-0.2, -0.15) is 10.1 Å². The van der Waals surface area contributed by atoms with Crippen molar-refractivity contribution in [2.24, 2.45) is 28.8 Å². The highest BCUT2D eigenvalue weighted by atomic mass is 127. The van der Waals surface area contributed by atoms with Crippen LogP contribution in [0.3, 0.4) is 0 Å². The van der Waals surface area contributed by atoms with Crippen molar-refractivity contribution in [3.05, 3.63) is 81.4 Å². The van der Waals surface area contributed by atoms with Crippen molar-refractivity contribution in [1.82, 2.24) is 5.01 Å². The van der Waals surface area contributed by atoms with E-state index in [0.717, 1.165) is 31.5 Å². The first-order chi connectivity index (χ1) is 17.0. The van der Waals surface area contributed by atoms with Crippen LogP contribution in [0.1, 0.15) is 17.5 Å². The van der Waals surface area contributed by atoms with Crippen LogP contribution >= 0.6 is 22.6 Å². The smallest absolute Gasteiger partial charge is 0.254 e. The molecule has 1 saturated heterocycles. The van der Waals surface area contributed by atoms with E-state index >= 15 is 0 Å². The molecule has 0 radical (unpaired) electrons. The Morgan fingerprint density at radius 1 is 1.03 bits per heavy atom. The highest BCUT2D eigenvalue weighted by Crippen LogP contribution is 2.52. The first-order valence-corrected chi connectivity index (χ1v) is 12.7. The molecule has 0 unspecified atom stereocenters. The van der Waals surface area contributed by atoms with Gasteiger partial charge in [-0.3, -0.25) is 9.59 Å². The number of allylic oxidation sites excluding steroid dienone is 2. The van der Waals surface area contributed by atoms with Gasteiger partial charge in [-0.05, 0) is 74.9 Å². The second-order valence-electron chi connectivity index (χ2n) is 9.19. The maximum Gasteiger partial charge on any atom is 0.254 e. The van der Waals surface area contributed by atoms with Crippen molar-refractivity contribution in [1.29, 1.82) is 0 Å². The Morgan fingerprint density at radius 2 is 1.74 bits per heavy atom. The molecule has 4 atom stereocenters. The van der Waals surface area contributed by atoms with Crippen molar-refractivity contribution < 1.29 is 19.1 Å². The summed E-state index contributed by atoms with van der Waals surface area (Å²) >= 11 is 2.20. The predicted molar refractivity (Wildman–Crippen MR) is 141 cm³/mol. The molecule has 2 amide bonds. The molecule has 176 valence electrons. The Balaban J connectivity index is 1.22. The van der Waals surface area contributed by atoms with Crippen LogP contribution in [0.15, 0.2) is 71.9 Å². The number of carbonyl (C=O) groups excluding carboxylic acids is 2. The van der Waals surface area contributed by atoms with Gasteiger partial charge in [0.05, 0.1) is 28.7 Å². The summed E-state index contributed by atoms with van der Waals surface area (Å²) in [6, 6.07) is 18.1. The molecule has 7 heteroatoms. The molecule has 0 N–H and O–H groups in total. The zero-order valence-electron chi connectivity index (χ0n) is 19.1. The van der Waals surface area contributed by atoms with Gasteiger partial charge in [0.1, 0.15) is 6.61 Å². The summed E-state index contributed by atoms with van der Waals surface area (Å²) in [5.41, 5.74) is 1.81. The molecule has 1 aliphatic heterocycles. The molecule has 0 spiro atoms. The number of benzene rings is 3. The highest BCUT2D eigenvalue weighted by molar-refractivity contribution is 14.1. The van der Waals surface area contributed by atoms with Crippen molar-refractivity contribution in [2.75, 3.05) is 7.11 Å². The average molecular weight is 578 g/mol. The number of amides is 2. The molecule has 1 heterocycles. The fraction of sp³-hybridized carbons (Fsp3) is 0.250. The molecule has 6 rings (SSSR count). The predicted octanol–water partition coefficient (Wildman–Crippen LogP) is 5.17. The lowest BCUT2D eigenvalue weighted by Gasteiger charge is -2.15. The topological polar surface area (TPSA) is 68.2 Å². The SMILES string of the molecule is COc1cc(/C=N\N2C(=O)[C@@H]3[C@@H](C2=O)[C@H]2C=C[C@H]3C2)cc(I)c1OCc1cccc2ccccc12. The van der Waals surface area contributed by atoms with Gasteiger partial charge in [0, 0.05) is 0 Å². The van der Waals surface area contributed by atoms with E-state index in [1.54, 1.807) is 19.4 Å². The Labute approximate surface area is 216 Å². The monoisotopic (exact) mass is 578 g/mol. The Bertz CT molecular complexity index is 1380. The van der Waals surface area contributed by atoms with E-state index in [9.17, 15) is 9.59 Å². The molecular weight excluding hydrogens is 555 g/mol. The number of methoxy groups -OCH3 is 1. The number of hydrogen-bond acceptors (Lipinski definition) is 5. The number of rotatable bonds is 6. The third-order valence-corrected chi connectivity index (χ3v) is 8.07. The van der Waals surface area contributed by atoms with Crippen molar-refractivity contribution in [3.63, 3.8) is 0 Å². The van der Waals surface area contributed by atoms with Crippen LogP contribution in [-0.4, -0.2) is 30.1 Å². The third kappa shape index (κ3) is 3.73. The van der Waals surface area contributed by atoms with Crippen LogP contribution in [0.5, 0.6) is 11.5 Å². The van der Waals surface area contributed by atoms with Gasteiger partial charge in [-0.15, -0.1) is 0 Å². The summed E-state index contributed by atoms with van der Waals surface area (Å²) in [5, 5.41) is 7.67. The third-order valence-electron chi connectivity index (χ3n) is 7.27. The Morgan fingerprint density at radius 3 is 2.49 bits per heavy atom. The lowest BCUT2D eigenvalue weighted by Crippen LogP contribution is -2.28. The highest BCUT2D eigenvalue weighted by Gasteiger charge is 2.59. The zero-order valence-corrected chi connectivity index (χ0v) is 21.2. The van der Waals surface area contributed by atoms with Crippen LogP contribution < -0.4 is 9.47 Å². The molecule has 3 aromatic carbocycles. The summed E-state index contributed by atoms with van der Waals surface area (Å²) in [6.45, 7) is 0.400. The normalized spacial score (nSPS) is 24.7. The Kier molecular flexibility index (Phi) is 5.59. The van der Waals surface area contributed by atoms with Crippen LogP contribution in [0.4, 0.5) is 0 Å². The van der Waals surface area contributed by atoms with E-state index in [1.165, 1.54) is 5.39 Å². The quantitative estimate of drug-likeness (QED) is 0.175. The molecule has 2 aliphatic carbocycles. The van der Waals surface area contributed by atoms with Crippen molar-refractivity contribution in [3.8, 4) is 11.5 Å². The Hall–Kier alpha value is -3.20. The van der Waals surface area contributed by atoms with E-state index in [2.05, 4.69) is 64.1 Å². The molecule has 6 nitrogen and oxygen atoms in total. The minimum absolute atomic E-state index is 0.167. The fourth-order valence-electron chi connectivity index (χ4n) is 5.65. The molecule has 2 fully saturated rings. The van der Waals surface area contributed by atoms with Gasteiger partial charge >= 0.3 is 0 Å². The zero-order chi connectivity index (χ0) is 24.1. The van der Waals surface area contributed by atoms with Gasteiger partial charge in [-0.25, -0.2) is 0 Å². The number of hydrogen-bond donors (Lipinski definition) is 0. The minimum Gasteiger partial charge on any atom is -0.493 e.